The molecular formula is C5H6BrIN2. The average Bonchev–Trinajstić information content (AvgIpc) is 2.15. The van der Waals surface area contributed by atoms with Crippen LogP contribution < -0.4 is 0 Å². The molecule has 0 bridgehead atoms. The molecule has 1 heterocycles. The second-order valence-corrected chi connectivity index (χ2v) is 3.38. The molecule has 0 aliphatic carbocycles. The third kappa shape index (κ3) is 1.46. The van der Waals surface area contributed by atoms with Crippen molar-refractivity contribution in [1.82, 2.24) is 10.2 Å². The first-order valence-corrected chi connectivity index (χ1v) is 4.71. The summed E-state index contributed by atoms with van der Waals surface area (Å²) in [6.07, 6.45) is 0. The van der Waals surface area contributed by atoms with Crippen molar-refractivity contribution in [2.75, 3.05) is 0 Å². The number of alkyl halides is 1. The zero-order valence-electron chi connectivity index (χ0n) is 4.91. The third-order valence-electron chi connectivity index (χ3n) is 1.07. The summed E-state index contributed by atoms with van der Waals surface area (Å²) in [6, 6.07) is 0. The first-order valence-electron chi connectivity index (χ1n) is 2.51. The van der Waals surface area contributed by atoms with Crippen molar-refractivity contribution in [3.8, 4) is 0 Å². The third-order valence-corrected chi connectivity index (χ3v) is 3.03. The van der Waals surface area contributed by atoms with Crippen molar-refractivity contribution in [2.45, 2.75) is 12.3 Å². The molecule has 0 unspecified atom stereocenters. The lowest BCUT2D eigenvalue weighted by Crippen LogP contribution is -1.78. The molecule has 4 heteroatoms. The largest absolute Gasteiger partial charge is 0.281 e. The van der Waals surface area contributed by atoms with Crippen LogP contribution in [-0.4, -0.2) is 10.2 Å². The van der Waals surface area contributed by atoms with Gasteiger partial charge < -0.3 is 0 Å². The van der Waals surface area contributed by atoms with Crippen LogP contribution in [0.1, 0.15) is 11.4 Å². The van der Waals surface area contributed by atoms with Gasteiger partial charge in [-0.1, -0.05) is 15.9 Å². The number of aromatic nitrogens is 2. The highest BCUT2D eigenvalue weighted by atomic mass is 127. The highest BCUT2D eigenvalue weighted by Gasteiger charge is 2.03. The minimum atomic E-state index is 0.829. The van der Waals surface area contributed by atoms with E-state index in [9.17, 15) is 0 Å². The van der Waals surface area contributed by atoms with Crippen LogP contribution in [0, 0.1) is 10.5 Å². The lowest BCUT2D eigenvalue weighted by atomic mass is 10.4. The Morgan fingerprint density at radius 1 is 1.78 bits per heavy atom. The molecule has 9 heavy (non-hydrogen) atoms. The first kappa shape index (κ1) is 7.53. The van der Waals surface area contributed by atoms with Gasteiger partial charge in [0.05, 0.1) is 9.26 Å². The fraction of sp³-hybridized carbons (Fsp3) is 0.400. The van der Waals surface area contributed by atoms with Gasteiger partial charge in [-0.2, -0.15) is 5.10 Å². The summed E-state index contributed by atoms with van der Waals surface area (Å²) in [6.45, 7) is 2.01. The van der Waals surface area contributed by atoms with Crippen LogP contribution in [0.25, 0.3) is 0 Å². The van der Waals surface area contributed by atoms with E-state index in [2.05, 4.69) is 48.7 Å². The van der Waals surface area contributed by atoms with E-state index in [0.29, 0.717) is 0 Å². The molecule has 0 amide bonds. The highest BCUT2D eigenvalue weighted by Crippen LogP contribution is 2.14. The highest BCUT2D eigenvalue weighted by molar-refractivity contribution is 14.1. The number of H-pyrrole nitrogens is 1. The molecule has 0 aliphatic rings. The molecule has 0 atom stereocenters. The minimum absolute atomic E-state index is 0.829. The van der Waals surface area contributed by atoms with Gasteiger partial charge in [-0.3, -0.25) is 5.10 Å². The fourth-order valence-corrected chi connectivity index (χ4v) is 1.92. The van der Waals surface area contributed by atoms with E-state index in [1.54, 1.807) is 0 Å². The summed E-state index contributed by atoms with van der Waals surface area (Å²) in [5.41, 5.74) is 2.23. The number of nitrogens with zero attached hydrogens (tertiary/aromatic N) is 1. The van der Waals surface area contributed by atoms with Gasteiger partial charge in [0.1, 0.15) is 0 Å². The van der Waals surface area contributed by atoms with E-state index in [0.717, 1.165) is 16.7 Å². The Morgan fingerprint density at radius 2 is 2.44 bits per heavy atom. The standard InChI is InChI=1S/C5H6BrIN2/c1-3-5(7)4(2-6)9-8-3/h2H2,1H3,(H,8,9). The second-order valence-electron chi connectivity index (χ2n) is 1.74. The van der Waals surface area contributed by atoms with Gasteiger partial charge in [0.15, 0.2) is 0 Å². The monoisotopic (exact) mass is 300 g/mol. The van der Waals surface area contributed by atoms with Crippen molar-refractivity contribution in [3.63, 3.8) is 0 Å². The first-order chi connectivity index (χ1) is 4.25. The Balaban J connectivity index is 3.04. The molecule has 1 aromatic rings. The lowest BCUT2D eigenvalue weighted by Gasteiger charge is -1.85. The quantitative estimate of drug-likeness (QED) is 0.625. The summed E-state index contributed by atoms with van der Waals surface area (Å²) in [4.78, 5) is 0. The van der Waals surface area contributed by atoms with Gasteiger partial charge in [-0.25, -0.2) is 0 Å². The average molecular weight is 301 g/mol. The van der Waals surface area contributed by atoms with E-state index in [4.69, 9.17) is 0 Å². The van der Waals surface area contributed by atoms with Gasteiger partial charge in [0.2, 0.25) is 0 Å². The van der Waals surface area contributed by atoms with E-state index in [1.807, 2.05) is 6.92 Å². The molecule has 50 valence electrons. The molecular weight excluding hydrogens is 295 g/mol. The Morgan fingerprint density at radius 3 is 2.67 bits per heavy atom. The molecule has 0 fully saturated rings. The van der Waals surface area contributed by atoms with Crippen molar-refractivity contribution in [3.05, 3.63) is 15.0 Å². The van der Waals surface area contributed by atoms with Gasteiger partial charge in [0, 0.05) is 11.0 Å². The molecule has 1 N–H and O–H groups in total. The second kappa shape index (κ2) is 3.01. The van der Waals surface area contributed by atoms with Gasteiger partial charge >= 0.3 is 0 Å². The van der Waals surface area contributed by atoms with E-state index in [1.165, 1.54) is 3.57 Å². The van der Waals surface area contributed by atoms with Crippen molar-refractivity contribution < 1.29 is 0 Å². The Hall–Kier alpha value is 0.420. The molecule has 1 aromatic heterocycles. The topological polar surface area (TPSA) is 28.7 Å². The maximum atomic E-state index is 4.05. The summed E-state index contributed by atoms with van der Waals surface area (Å²) in [7, 11) is 0. The van der Waals surface area contributed by atoms with Crippen LogP contribution in [-0.2, 0) is 5.33 Å². The lowest BCUT2D eigenvalue weighted by molar-refractivity contribution is 1.01. The fourth-order valence-electron chi connectivity index (χ4n) is 0.554. The number of nitrogens with one attached hydrogen (secondary N) is 1. The van der Waals surface area contributed by atoms with E-state index in [-0.39, 0.29) is 0 Å². The molecule has 0 aliphatic heterocycles. The molecule has 0 saturated heterocycles. The maximum absolute atomic E-state index is 4.05. The maximum Gasteiger partial charge on any atom is 0.0863 e. The van der Waals surface area contributed by atoms with E-state index < -0.39 is 0 Å². The van der Waals surface area contributed by atoms with Gasteiger partial charge in [-0.05, 0) is 29.5 Å². The number of rotatable bonds is 1. The van der Waals surface area contributed by atoms with Crippen molar-refractivity contribution in [1.29, 1.82) is 0 Å². The molecule has 1 rings (SSSR count). The number of hydrogen-bond acceptors (Lipinski definition) is 1. The van der Waals surface area contributed by atoms with Crippen LogP contribution in [0.2, 0.25) is 0 Å². The number of hydrogen-bond donors (Lipinski definition) is 1. The Bertz CT molecular complexity index is 209. The zero-order chi connectivity index (χ0) is 6.85. The summed E-state index contributed by atoms with van der Waals surface area (Å²) in [5, 5.41) is 7.78. The Labute approximate surface area is 75.7 Å². The van der Waals surface area contributed by atoms with Gasteiger partial charge in [0.25, 0.3) is 0 Å². The minimum Gasteiger partial charge on any atom is -0.281 e. The van der Waals surface area contributed by atoms with Crippen molar-refractivity contribution >= 4 is 38.5 Å². The van der Waals surface area contributed by atoms with Crippen LogP contribution in [0.5, 0.6) is 0 Å². The summed E-state index contributed by atoms with van der Waals surface area (Å²) < 4.78 is 1.23. The van der Waals surface area contributed by atoms with Crippen LogP contribution in [0.15, 0.2) is 0 Å². The molecule has 0 aromatic carbocycles. The molecule has 2 nitrogen and oxygen atoms in total. The van der Waals surface area contributed by atoms with E-state index >= 15 is 0 Å². The summed E-state index contributed by atoms with van der Waals surface area (Å²) in [5.74, 6) is 0. The van der Waals surface area contributed by atoms with Crippen molar-refractivity contribution in [2.24, 2.45) is 0 Å². The molecule has 0 saturated carbocycles. The molecule has 0 radical (unpaired) electrons. The number of halogens is 2. The summed E-state index contributed by atoms with van der Waals surface area (Å²) >= 11 is 5.61. The van der Waals surface area contributed by atoms with Crippen LogP contribution >= 0.6 is 38.5 Å². The van der Waals surface area contributed by atoms with Crippen LogP contribution in [0.3, 0.4) is 0 Å². The smallest absolute Gasteiger partial charge is 0.0863 e. The molecule has 0 spiro atoms. The normalized spacial score (nSPS) is 10.1. The Kier molecular flexibility index (Phi) is 2.51. The van der Waals surface area contributed by atoms with Crippen LogP contribution in [0.4, 0.5) is 0 Å². The number of aryl methyl sites for hydroxylation is 1. The zero-order valence-corrected chi connectivity index (χ0v) is 8.65. The predicted molar refractivity (Wildman–Crippen MR) is 48.7 cm³/mol. The number of aromatic amines is 1. The SMILES string of the molecule is Cc1[nH]nc(CBr)c1I. The van der Waals surface area contributed by atoms with Gasteiger partial charge in [-0.15, -0.1) is 0 Å². The predicted octanol–water partition coefficient (Wildman–Crippen LogP) is 2.22.